The Morgan fingerprint density at radius 2 is 2.21 bits per heavy atom. The maximum absolute atomic E-state index is 5.56. The number of hydrogen-bond donors (Lipinski definition) is 1. The van der Waals surface area contributed by atoms with Gasteiger partial charge in [0.05, 0.1) is 25.0 Å². The molecule has 1 N–H and O–H groups in total. The molecule has 0 fully saturated rings. The molecule has 0 aliphatic carbocycles. The first-order chi connectivity index (χ1) is 6.58. The molecule has 1 rings (SSSR count). The van der Waals surface area contributed by atoms with Crippen molar-refractivity contribution < 1.29 is 9.15 Å². The van der Waals surface area contributed by atoms with E-state index in [1.54, 1.807) is 6.26 Å². The highest BCUT2D eigenvalue weighted by Gasteiger charge is 2.08. The van der Waals surface area contributed by atoms with E-state index in [1.807, 2.05) is 12.1 Å². The third-order valence-corrected chi connectivity index (χ3v) is 1.69. The molecule has 0 amide bonds. The Balaban J connectivity index is 2.00. The summed E-state index contributed by atoms with van der Waals surface area (Å²) in [4.78, 5) is 0. The lowest BCUT2D eigenvalue weighted by Gasteiger charge is -2.19. The molecular formula is C11H19NO2. The molecule has 0 aliphatic rings. The number of furan rings is 1. The van der Waals surface area contributed by atoms with E-state index in [2.05, 4.69) is 26.1 Å². The fraction of sp³-hybridized carbons (Fsp3) is 0.636. The average molecular weight is 197 g/mol. The summed E-state index contributed by atoms with van der Waals surface area (Å²) in [6.07, 6.45) is 1.68. The number of rotatable bonds is 5. The largest absolute Gasteiger partial charge is 0.468 e. The lowest BCUT2D eigenvalue weighted by molar-refractivity contribution is -0.000984. The minimum Gasteiger partial charge on any atom is -0.468 e. The van der Waals surface area contributed by atoms with Crippen molar-refractivity contribution in [2.75, 3.05) is 13.2 Å². The highest BCUT2D eigenvalue weighted by Crippen LogP contribution is 2.05. The summed E-state index contributed by atoms with van der Waals surface area (Å²) in [5.74, 6) is 0.959. The summed E-state index contributed by atoms with van der Waals surface area (Å²) in [6, 6.07) is 3.85. The standard InChI is InChI=1S/C11H19NO2/c1-11(2,3)14-8-6-12-9-10-5-4-7-13-10/h4-5,7,12H,6,8-9H2,1-3H3. The zero-order valence-electron chi connectivity index (χ0n) is 9.17. The van der Waals surface area contributed by atoms with Crippen LogP contribution in [0.3, 0.4) is 0 Å². The van der Waals surface area contributed by atoms with Crippen LogP contribution in [-0.2, 0) is 11.3 Å². The van der Waals surface area contributed by atoms with Crippen molar-refractivity contribution in [3.63, 3.8) is 0 Å². The van der Waals surface area contributed by atoms with Crippen LogP contribution in [0.15, 0.2) is 22.8 Å². The summed E-state index contributed by atoms with van der Waals surface area (Å²) in [7, 11) is 0. The van der Waals surface area contributed by atoms with Crippen molar-refractivity contribution in [3.8, 4) is 0 Å². The van der Waals surface area contributed by atoms with Crippen LogP contribution in [0.4, 0.5) is 0 Å². The van der Waals surface area contributed by atoms with Crippen LogP contribution >= 0.6 is 0 Å². The highest BCUT2D eigenvalue weighted by atomic mass is 16.5. The van der Waals surface area contributed by atoms with Gasteiger partial charge in [-0.3, -0.25) is 0 Å². The summed E-state index contributed by atoms with van der Waals surface area (Å²) < 4.78 is 10.7. The highest BCUT2D eigenvalue weighted by molar-refractivity contribution is 4.97. The van der Waals surface area contributed by atoms with Gasteiger partial charge >= 0.3 is 0 Å². The quantitative estimate of drug-likeness (QED) is 0.735. The Bertz CT molecular complexity index is 236. The molecule has 0 atom stereocenters. The summed E-state index contributed by atoms with van der Waals surface area (Å²) in [6.45, 7) is 8.50. The van der Waals surface area contributed by atoms with Crippen LogP contribution < -0.4 is 5.32 Å². The second kappa shape index (κ2) is 5.17. The van der Waals surface area contributed by atoms with Gasteiger partial charge in [0.1, 0.15) is 5.76 Å². The summed E-state index contributed by atoms with van der Waals surface area (Å²) in [5, 5.41) is 3.24. The maximum Gasteiger partial charge on any atom is 0.117 e. The van der Waals surface area contributed by atoms with Gasteiger partial charge in [-0.25, -0.2) is 0 Å². The second-order valence-corrected chi connectivity index (χ2v) is 4.22. The second-order valence-electron chi connectivity index (χ2n) is 4.22. The van der Waals surface area contributed by atoms with Gasteiger partial charge in [0.2, 0.25) is 0 Å². The number of nitrogens with one attached hydrogen (secondary N) is 1. The SMILES string of the molecule is CC(C)(C)OCCNCc1ccco1. The van der Waals surface area contributed by atoms with Crippen molar-refractivity contribution in [1.29, 1.82) is 0 Å². The van der Waals surface area contributed by atoms with Gasteiger partial charge in [0, 0.05) is 6.54 Å². The van der Waals surface area contributed by atoms with Gasteiger partial charge in [-0.15, -0.1) is 0 Å². The van der Waals surface area contributed by atoms with Gasteiger partial charge in [0.15, 0.2) is 0 Å². The molecule has 80 valence electrons. The van der Waals surface area contributed by atoms with Crippen molar-refractivity contribution in [3.05, 3.63) is 24.2 Å². The van der Waals surface area contributed by atoms with Gasteiger partial charge < -0.3 is 14.5 Å². The molecule has 0 bridgehead atoms. The molecule has 3 nitrogen and oxygen atoms in total. The molecule has 0 saturated heterocycles. The molecule has 0 spiro atoms. The fourth-order valence-electron chi connectivity index (χ4n) is 1.05. The van der Waals surface area contributed by atoms with E-state index < -0.39 is 0 Å². The van der Waals surface area contributed by atoms with Crippen LogP contribution in [0.5, 0.6) is 0 Å². The van der Waals surface area contributed by atoms with Crippen LogP contribution in [0.2, 0.25) is 0 Å². The number of hydrogen-bond acceptors (Lipinski definition) is 3. The Hall–Kier alpha value is -0.800. The normalized spacial score (nSPS) is 11.9. The predicted octanol–water partition coefficient (Wildman–Crippen LogP) is 2.18. The molecule has 0 radical (unpaired) electrons. The molecular weight excluding hydrogens is 178 g/mol. The topological polar surface area (TPSA) is 34.4 Å². The minimum atomic E-state index is -0.0492. The predicted molar refractivity (Wildman–Crippen MR) is 56.1 cm³/mol. The Morgan fingerprint density at radius 3 is 2.79 bits per heavy atom. The van der Waals surface area contributed by atoms with E-state index in [-0.39, 0.29) is 5.60 Å². The molecule has 1 aromatic heterocycles. The number of ether oxygens (including phenoxy) is 1. The van der Waals surface area contributed by atoms with E-state index in [0.717, 1.165) is 25.5 Å². The first kappa shape index (κ1) is 11.3. The van der Waals surface area contributed by atoms with E-state index in [0.29, 0.717) is 0 Å². The lowest BCUT2D eigenvalue weighted by Crippen LogP contribution is -2.26. The molecule has 3 heteroatoms. The van der Waals surface area contributed by atoms with Crippen molar-refractivity contribution >= 4 is 0 Å². The van der Waals surface area contributed by atoms with Gasteiger partial charge in [-0.05, 0) is 32.9 Å². The summed E-state index contributed by atoms with van der Waals surface area (Å²) in [5.41, 5.74) is -0.0492. The van der Waals surface area contributed by atoms with E-state index in [4.69, 9.17) is 9.15 Å². The molecule has 14 heavy (non-hydrogen) atoms. The Kier molecular flexibility index (Phi) is 4.17. The molecule has 0 saturated carbocycles. The van der Waals surface area contributed by atoms with E-state index in [1.165, 1.54) is 0 Å². The van der Waals surface area contributed by atoms with E-state index >= 15 is 0 Å². The van der Waals surface area contributed by atoms with Crippen molar-refractivity contribution in [2.45, 2.75) is 32.9 Å². The van der Waals surface area contributed by atoms with Crippen molar-refractivity contribution in [1.82, 2.24) is 5.32 Å². The lowest BCUT2D eigenvalue weighted by atomic mass is 10.2. The van der Waals surface area contributed by atoms with Crippen LogP contribution in [0.25, 0.3) is 0 Å². The van der Waals surface area contributed by atoms with Crippen LogP contribution in [-0.4, -0.2) is 18.8 Å². The van der Waals surface area contributed by atoms with Gasteiger partial charge in [-0.2, -0.15) is 0 Å². The van der Waals surface area contributed by atoms with Gasteiger partial charge in [0.25, 0.3) is 0 Å². The zero-order valence-corrected chi connectivity index (χ0v) is 9.17. The molecule has 1 aromatic rings. The smallest absolute Gasteiger partial charge is 0.117 e. The molecule has 0 aliphatic heterocycles. The first-order valence-corrected chi connectivity index (χ1v) is 4.95. The van der Waals surface area contributed by atoms with Gasteiger partial charge in [-0.1, -0.05) is 0 Å². The third-order valence-electron chi connectivity index (χ3n) is 1.69. The van der Waals surface area contributed by atoms with Crippen LogP contribution in [0.1, 0.15) is 26.5 Å². The van der Waals surface area contributed by atoms with Crippen molar-refractivity contribution in [2.24, 2.45) is 0 Å². The molecule has 0 aromatic carbocycles. The first-order valence-electron chi connectivity index (χ1n) is 4.95. The minimum absolute atomic E-state index is 0.0492. The Labute approximate surface area is 85.4 Å². The average Bonchev–Trinajstić information content (AvgIpc) is 2.54. The monoisotopic (exact) mass is 197 g/mol. The Morgan fingerprint density at radius 1 is 1.43 bits per heavy atom. The fourth-order valence-corrected chi connectivity index (χ4v) is 1.05. The molecule has 1 heterocycles. The summed E-state index contributed by atoms with van der Waals surface area (Å²) >= 11 is 0. The molecule has 0 unspecified atom stereocenters. The maximum atomic E-state index is 5.56. The van der Waals surface area contributed by atoms with E-state index in [9.17, 15) is 0 Å². The zero-order chi connectivity index (χ0) is 10.4. The van der Waals surface area contributed by atoms with Crippen LogP contribution in [0, 0.1) is 0 Å². The third kappa shape index (κ3) is 5.04.